The van der Waals surface area contributed by atoms with E-state index in [4.69, 9.17) is 4.74 Å². The second-order valence-electron chi connectivity index (χ2n) is 11.4. The molecule has 5 rings (SSSR count). The number of nitrogens with zero attached hydrogens (tertiary/aromatic N) is 3. The predicted molar refractivity (Wildman–Crippen MR) is 179 cm³/mol. The van der Waals surface area contributed by atoms with E-state index >= 15 is 0 Å². The number of aromatic nitrogens is 3. The molecule has 0 aliphatic carbocycles. The van der Waals surface area contributed by atoms with E-state index < -0.39 is 18.2 Å². The van der Waals surface area contributed by atoms with Crippen LogP contribution in [0, 0.1) is 0 Å². The zero-order chi connectivity index (χ0) is 34.2. The van der Waals surface area contributed by atoms with Crippen molar-refractivity contribution in [3.05, 3.63) is 123 Å². The van der Waals surface area contributed by atoms with Gasteiger partial charge in [0.2, 0.25) is 5.56 Å². The largest absolute Gasteiger partial charge is 0.506 e. The third kappa shape index (κ3) is 8.18. The zero-order valence-electron chi connectivity index (χ0n) is 26.6. The fourth-order valence-corrected chi connectivity index (χ4v) is 5.50. The first-order valence-corrected chi connectivity index (χ1v) is 15.4. The highest BCUT2D eigenvalue weighted by Crippen LogP contribution is 2.29. The molecule has 48 heavy (non-hydrogen) atoms. The van der Waals surface area contributed by atoms with Gasteiger partial charge in [-0.3, -0.25) is 14.3 Å². The molecule has 2 heterocycles. The molecule has 3 aromatic carbocycles. The highest BCUT2D eigenvalue weighted by atomic mass is 16.5. The van der Waals surface area contributed by atoms with Crippen LogP contribution in [-0.2, 0) is 13.7 Å². The number of H-pyrrole nitrogens is 1. The van der Waals surface area contributed by atoms with Crippen LogP contribution in [-0.4, -0.2) is 73.7 Å². The van der Waals surface area contributed by atoms with Crippen molar-refractivity contribution in [1.82, 2.24) is 30.3 Å². The lowest BCUT2D eigenvalue weighted by atomic mass is 9.99. The Kier molecular flexibility index (Phi) is 10.7. The van der Waals surface area contributed by atoms with Gasteiger partial charge in [0.15, 0.2) is 0 Å². The van der Waals surface area contributed by atoms with Crippen molar-refractivity contribution in [2.24, 2.45) is 7.05 Å². The van der Waals surface area contributed by atoms with E-state index in [9.17, 15) is 29.7 Å². The molecule has 0 saturated carbocycles. The molecule has 6 N–H and O–H groups in total. The molecule has 0 bridgehead atoms. The first-order valence-electron chi connectivity index (χ1n) is 15.4. The van der Waals surface area contributed by atoms with E-state index in [1.54, 1.807) is 55.4 Å². The van der Waals surface area contributed by atoms with Gasteiger partial charge in [0.1, 0.15) is 29.5 Å². The summed E-state index contributed by atoms with van der Waals surface area (Å²) in [7, 11) is 3.41. The van der Waals surface area contributed by atoms with Gasteiger partial charge < -0.3 is 40.6 Å². The lowest BCUT2D eigenvalue weighted by Gasteiger charge is -2.18. The number of carbonyl (C=O) groups excluding carboxylic acids is 1. The molecule has 1 unspecified atom stereocenters. The van der Waals surface area contributed by atoms with Gasteiger partial charge in [-0.15, -0.1) is 0 Å². The van der Waals surface area contributed by atoms with Crippen LogP contribution in [0.5, 0.6) is 11.5 Å². The summed E-state index contributed by atoms with van der Waals surface area (Å²) < 4.78 is 7.49. The van der Waals surface area contributed by atoms with Crippen molar-refractivity contribution < 1.29 is 29.6 Å². The molecular weight excluding hydrogens is 616 g/mol. The fourth-order valence-electron chi connectivity index (χ4n) is 5.50. The number of ether oxygens (including phenoxy) is 1. The van der Waals surface area contributed by atoms with Gasteiger partial charge in [0, 0.05) is 38.6 Å². The molecule has 2 aromatic heterocycles. The molecule has 2 amide bonds. The Morgan fingerprint density at radius 1 is 1.02 bits per heavy atom. The number of amides is 2. The van der Waals surface area contributed by atoms with E-state index in [1.807, 2.05) is 36.4 Å². The normalized spacial score (nSPS) is 12.4. The maximum atomic E-state index is 13.2. The minimum Gasteiger partial charge on any atom is -0.506 e. The van der Waals surface area contributed by atoms with Crippen molar-refractivity contribution in [3.63, 3.8) is 0 Å². The number of rotatable bonds is 14. The number of aromatic amines is 1. The number of aliphatic hydroxyl groups excluding tert-OH is 1. The molecule has 250 valence electrons. The van der Waals surface area contributed by atoms with Gasteiger partial charge in [0.25, 0.3) is 5.91 Å². The second-order valence-corrected chi connectivity index (χ2v) is 11.4. The van der Waals surface area contributed by atoms with Crippen molar-refractivity contribution in [1.29, 1.82) is 0 Å². The van der Waals surface area contributed by atoms with Gasteiger partial charge in [-0.25, -0.2) is 4.79 Å². The number of benzene rings is 3. The number of aryl methyl sites for hydroxylation is 1. The van der Waals surface area contributed by atoms with Gasteiger partial charge in [-0.2, -0.15) is 5.10 Å². The molecule has 0 aliphatic heterocycles. The summed E-state index contributed by atoms with van der Waals surface area (Å²) in [4.78, 5) is 40.5. The van der Waals surface area contributed by atoms with Crippen molar-refractivity contribution in [3.8, 4) is 11.5 Å². The Bertz CT molecular complexity index is 1940. The minimum atomic E-state index is -1.14. The number of hydrogen-bond donors (Lipinski definition) is 6. The highest BCUT2D eigenvalue weighted by molar-refractivity contribution is 5.92. The van der Waals surface area contributed by atoms with E-state index in [2.05, 4.69) is 20.7 Å². The quantitative estimate of drug-likeness (QED) is 0.0973. The van der Waals surface area contributed by atoms with E-state index in [1.165, 1.54) is 16.8 Å². The third-order valence-electron chi connectivity index (χ3n) is 7.93. The van der Waals surface area contributed by atoms with Gasteiger partial charge in [0.05, 0.1) is 17.7 Å². The Morgan fingerprint density at radius 3 is 2.56 bits per heavy atom. The van der Waals surface area contributed by atoms with E-state index in [-0.39, 0.29) is 35.9 Å². The third-order valence-corrected chi connectivity index (χ3v) is 7.93. The molecular formula is C35H38N6O7. The maximum Gasteiger partial charge on any atom is 0.405 e. The number of hydrogen-bond acceptors (Lipinski definition) is 8. The first-order chi connectivity index (χ1) is 23.1. The predicted octanol–water partition coefficient (Wildman–Crippen LogP) is 3.69. The van der Waals surface area contributed by atoms with Crippen LogP contribution in [0.2, 0.25) is 0 Å². The average molecular weight is 655 g/mol. The summed E-state index contributed by atoms with van der Waals surface area (Å²) in [5.41, 5.74) is 2.99. The topological polar surface area (TPSA) is 182 Å². The number of nitrogens with one attached hydrogen (secondary N) is 3. The summed E-state index contributed by atoms with van der Waals surface area (Å²) in [6, 6.07) is 23.5. The zero-order valence-corrected chi connectivity index (χ0v) is 26.6. The van der Waals surface area contributed by atoms with E-state index in [0.29, 0.717) is 47.6 Å². The first kappa shape index (κ1) is 33.7. The van der Waals surface area contributed by atoms with Crippen LogP contribution in [0.15, 0.2) is 89.7 Å². The Labute approximate surface area is 276 Å². The monoisotopic (exact) mass is 654 g/mol. The summed E-state index contributed by atoms with van der Waals surface area (Å²) in [5, 5.41) is 41.0. The smallest absolute Gasteiger partial charge is 0.405 e. The lowest BCUT2D eigenvalue weighted by molar-refractivity contribution is 0.0782. The summed E-state index contributed by atoms with van der Waals surface area (Å²) in [6.07, 6.45) is -1.38. The molecule has 2 atom stereocenters. The number of aromatic hydroxyl groups is 1. The molecule has 0 radical (unpaired) electrons. The number of fused-ring (bicyclic) bond motifs is 1. The number of carboxylic acid groups (broad SMARTS) is 1. The van der Waals surface area contributed by atoms with Crippen LogP contribution >= 0.6 is 0 Å². The van der Waals surface area contributed by atoms with Crippen LogP contribution in [0.25, 0.3) is 10.9 Å². The fraction of sp³-hybridized carbons (Fsp3) is 0.257. The Balaban J connectivity index is 1.11. The van der Waals surface area contributed by atoms with Crippen LogP contribution in [0.3, 0.4) is 0 Å². The average Bonchev–Trinajstić information content (AvgIpc) is 3.46. The molecule has 0 fully saturated rings. The molecule has 0 aliphatic rings. The Hall–Kier alpha value is -5.66. The molecule has 0 spiro atoms. The number of phenolic OH excluding ortho intramolecular Hbond substituents is 1. The lowest BCUT2D eigenvalue weighted by Crippen LogP contribution is -2.32. The highest BCUT2D eigenvalue weighted by Gasteiger charge is 2.20. The van der Waals surface area contributed by atoms with Crippen molar-refractivity contribution in [2.75, 3.05) is 26.7 Å². The van der Waals surface area contributed by atoms with E-state index in [0.717, 1.165) is 11.1 Å². The van der Waals surface area contributed by atoms with Crippen LogP contribution < -0.4 is 20.9 Å². The summed E-state index contributed by atoms with van der Waals surface area (Å²) in [5.74, 6) is 0.262. The van der Waals surface area contributed by atoms with Gasteiger partial charge in [-0.05, 0) is 60.0 Å². The second kappa shape index (κ2) is 15.3. The van der Waals surface area contributed by atoms with Crippen LogP contribution in [0.1, 0.15) is 51.4 Å². The summed E-state index contributed by atoms with van der Waals surface area (Å²) in [6.45, 7) is 1.35. The molecule has 0 saturated heterocycles. The minimum absolute atomic E-state index is 0.0675. The summed E-state index contributed by atoms with van der Waals surface area (Å²) >= 11 is 0. The number of carbonyl (C=O) groups is 2. The van der Waals surface area contributed by atoms with Gasteiger partial charge in [-0.1, -0.05) is 48.5 Å². The molecule has 13 heteroatoms. The number of aliphatic hydroxyl groups is 1. The maximum absolute atomic E-state index is 13.2. The SMILES string of the molecule is CN(CCCNCC(O)c1ccc(O)c2[nH]c(=O)ccc12)C(=O)c1cc(COc2cccc([C@@H](NC(=O)O)c3ccccc3)c2)nn1C. The van der Waals surface area contributed by atoms with Crippen molar-refractivity contribution >= 4 is 22.9 Å². The standard InChI is InChI=1S/C35H38N6O7/c1-40(17-7-16-36-20-30(43)26-12-14-29(42)33-27(26)13-15-31(44)37-33)34(45)28-19-24(39-41(28)2)21-48-25-11-6-10-23(18-25)32(38-35(46)47)22-8-4-3-5-9-22/h3-6,8-15,18-19,30,32,36,38,42-43H,7,16-17,20-21H2,1-2H3,(H,37,44)(H,46,47)/t30?,32-/m0/s1. The molecule has 5 aromatic rings. The number of phenols is 1. The Morgan fingerprint density at radius 2 is 1.79 bits per heavy atom. The van der Waals surface area contributed by atoms with Crippen LogP contribution in [0.4, 0.5) is 4.79 Å². The van der Waals surface area contributed by atoms with Gasteiger partial charge >= 0.3 is 6.09 Å². The number of pyridine rings is 1. The van der Waals surface area contributed by atoms with Crippen molar-refractivity contribution in [2.45, 2.75) is 25.2 Å². The molecule has 13 nitrogen and oxygen atoms in total.